The fraction of sp³-hybridized carbons (Fsp3) is 0.226. The van der Waals surface area contributed by atoms with E-state index in [9.17, 15) is 4.79 Å². The number of nitrogens with zero attached hydrogens (tertiary/aromatic N) is 6. The molecule has 5 aromatic rings. The van der Waals surface area contributed by atoms with Crippen LogP contribution < -0.4 is 19.9 Å². The normalized spacial score (nSPS) is 13.4. The molecule has 0 spiro atoms. The number of nitrogens with one attached hydrogen (secondary N) is 1. The standard InChI is InChI=1S/C31H31N7O2/c1-40-28-13-12-24(31(39)32-15-14-23-8-4-2-5-9-23)20-27(28)36-16-18-37(19-17-36)29-26-21-35-38(30(26)34-22-33-29)25-10-6-3-7-11-25/h2-13,20-22H,14-19H2,1H3,(H,32,39). The second kappa shape index (κ2) is 11.4. The first-order chi connectivity index (χ1) is 19.7. The maximum Gasteiger partial charge on any atom is 0.251 e. The van der Waals surface area contributed by atoms with E-state index in [2.05, 4.69) is 42.3 Å². The summed E-state index contributed by atoms with van der Waals surface area (Å²) in [5, 5.41) is 8.56. The molecule has 1 N–H and O–H groups in total. The average Bonchev–Trinajstić information content (AvgIpc) is 3.46. The second-order valence-corrected chi connectivity index (χ2v) is 9.68. The number of methoxy groups -OCH3 is 1. The highest BCUT2D eigenvalue weighted by Crippen LogP contribution is 2.32. The summed E-state index contributed by atoms with van der Waals surface area (Å²) in [4.78, 5) is 26.6. The van der Waals surface area contributed by atoms with Gasteiger partial charge in [-0.25, -0.2) is 14.6 Å². The minimum atomic E-state index is -0.0859. The lowest BCUT2D eigenvalue weighted by atomic mass is 10.1. The molecule has 6 rings (SSSR count). The Morgan fingerprint density at radius 2 is 1.62 bits per heavy atom. The molecule has 9 nitrogen and oxygen atoms in total. The van der Waals surface area contributed by atoms with Crippen molar-refractivity contribution < 1.29 is 9.53 Å². The van der Waals surface area contributed by atoms with E-state index in [1.807, 2.05) is 77.6 Å². The molecule has 0 saturated carbocycles. The summed E-state index contributed by atoms with van der Waals surface area (Å²) >= 11 is 0. The molecule has 1 amide bonds. The van der Waals surface area contributed by atoms with Gasteiger partial charge < -0.3 is 19.9 Å². The van der Waals surface area contributed by atoms with E-state index in [0.717, 1.165) is 66.6 Å². The number of para-hydroxylation sites is 1. The molecule has 1 fully saturated rings. The van der Waals surface area contributed by atoms with Gasteiger partial charge in [0, 0.05) is 38.3 Å². The van der Waals surface area contributed by atoms with Crippen molar-refractivity contribution in [3.8, 4) is 11.4 Å². The Kier molecular flexibility index (Phi) is 7.26. The molecule has 1 aliphatic heterocycles. The van der Waals surface area contributed by atoms with Gasteiger partial charge in [-0.05, 0) is 42.3 Å². The Bertz CT molecular complexity index is 1600. The van der Waals surface area contributed by atoms with E-state index in [1.54, 1.807) is 13.4 Å². The molecule has 1 saturated heterocycles. The molecule has 0 bridgehead atoms. The molecule has 3 aromatic carbocycles. The number of benzene rings is 3. The van der Waals surface area contributed by atoms with Gasteiger partial charge in [0.2, 0.25) is 0 Å². The van der Waals surface area contributed by atoms with Crippen LogP contribution in [-0.2, 0) is 6.42 Å². The lowest BCUT2D eigenvalue weighted by molar-refractivity contribution is 0.0954. The van der Waals surface area contributed by atoms with Crippen molar-refractivity contribution in [3.63, 3.8) is 0 Å². The third kappa shape index (κ3) is 5.18. The summed E-state index contributed by atoms with van der Waals surface area (Å²) < 4.78 is 7.51. The third-order valence-electron chi connectivity index (χ3n) is 7.25. The fourth-order valence-electron chi connectivity index (χ4n) is 5.15. The minimum Gasteiger partial charge on any atom is -0.495 e. The summed E-state index contributed by atoms with van der Waals surface area (Å²) in [6.07, 6.45) is 4.24. The Balaban J connectivity index is 1.15. The van der Waals surface area contributed by atoms with Crippen LogP contribution in [0.15, 0.2) is 91.4 Å². The van der Waals surface area contributed by atoms with Crippen molar-refractivity contribution in [1.82, 2.24) is 25.1 Å². The highest BCUT2D eigenvalue weighted by molar-refractivity contribution is 5.95. The van der Waals surface area contributed by atoms with E-state index < -0.39 is 0 Å². The predicted molar refractivity (Wildman–Crippen MR) is 157 cm³/mol. The number of fused-ring (bicyclic) bond motifs is 1. The Hall–Kier alpha value is -4.92. The summed E-state index contributed by atoms with van der Waals surface area (Å²) in [7, 11) is 1.66. The smallest absolute Gasteiger partial charge is 0.251 e. The quantitative estimate of drug-likeness (QED) is 0.321. The van der Waals surface area contributed by atoms with Gasteiger partial charge in [-0.15, -0.1) is 0 Å². The molecular weight excluding hydrogens is 502 g/mol. The first-order valence-corrected chi connectivity index (χ1v) is 13.5. The van der Waals surface area contributed by atoms with Gasteiger partial charge in [0.25, 0.3) is 5.91 Å². The molecule has 2 aromatic heterocycles. The van der Waals surface area contributed by atoms with Crippen LogP contribution in [0, 0.1) is 0 Å². The van der Waals surface area contributed by atoms with E-state index in [0.29, 0.717) is 12.1 Å². The molecule has 0 aliphatic carbocycles. The SMILES string of the molecule is COc1ccc(C(=O)NCCc2ccccc2)cc1N1CCN(c2ncnc3c2cnn3-c2ccccc2)CC1. The molecule has 202 valence electrons. The first kappa shape index (κ1) is 25.4. The molecule has 0 atom stereocenters. The van der Waals surface area contributed by atoms with Crippen LogP contribution in [0.1, 0.15) is 15.9 Å². The largest absolute Gasteiger partial charge is 0.495 e. The number of ether oxygens (including phenoxy) is 1. The maximum absolute atomic E-state index is 12.9. The number of anilines is 2. The molecule has 0 radical (unpaired) electrons. The van der Waals surface area contributed by atoms with Crippen molar-refractivity contribution in [1.29, 1.82) is 0 Å². The van der Waals surface area contributed by atoms with Gasteiger partial charge in [-0.1, -0.05) is 48.5 Å². The zero-order valence-electron chi connectivity index (χ0n) is 22.4. The fourth-order valence-corrected chi connectivity index (χ4v) is 5.15. The topological polar surface area (TPSA) is 88.4 Å². The predicted octanol–water partition coefficient (Wildman–Crippen LogP) is 4.12. The highest BCUT2D eigenvalue weighted by atomic mass is 16.5. The van der Waals surface area contributed by atoms with E-state index in [4.69, 9.17) is 4.74 Å². The summed E-state index contributed by atoms with van der Waals surface area (Å²) in [5.41, 5.74) is 4.48. The number of hydrogen-bond acceptors (Lipinski definition) is 7. The first-order valence-electron chi connectivity index (χ1n) is 13.5. The molecule has 3 heterocycles. The molecule has 9 heteroatoms. The number of rotatable bonds is 8. The van der Waals surface area contributed by atoms with Gasteiger partial charge in [0.1, 0.15) is 17.9 Å². The van der Waals surface area contributed by atoms with Crippen molar-refractivity contribution in [2.75, 3.05) is 49.6 Å². The van der Waals surface area contributed by atoms with Crippen molar-refractivity contribution in [2.24, 2.45) is 0 Å². The Morgan fingerprint density at radius 1 is 0.900 bits per heavy atom. The average molecular weight is 534 g/mol. The summed E-state index contributed by atoms with van der Waals surface area (Å²) in [6.45, 7) is 3.62. The number of carbonyl (C=O) groups excluding carboxylic acids is 1. The van der Waals surface area contributed by atoms with E-state index in [-0.39, 0.29) is 5.91 Å². The maximum atomic E-state index is 12.9. The summed E-state index contributed by atoms with van der Waals surface area (Å²) in [5.74, 6) is 1.55. The van der Waals surface area contributed by atoms with Crippen molar-refractivity contribution in [3.05, 3.63) is 103 Å². The third-order valence-corrected chi connectivity index (χ3v) is 7.25. The van der Waals surface area contributed by atoms with Crippen LogP contribution >= 0.6 is 0 Å². The Labute approximate surface area is 233 Å². The zero-order valence-corrected chi connectivity index (χ0v) is 22.4. The second-order valence-electron chi connectivity index (χ2n) is 9.68. The zero-order chi connectivity index (χ0) is 27.3. The van der Waals surface area contributed by atoms with Gasteiger partial charge in [-0.2, -0.15) is 5.10 Å². The highest BCUT2D eigenvalue weighted by Gasteiger charge is 2.24. The van der Waals surface area contributed by atoms with Crippen molar-refractivity contribution >= 4 is 28.4 Å². The Morgan fingerprint density at radius 3 is 2.38 bits per heavy atom. The molecular formula is C31H31N7O2. The monoisotopic (exact) mass is 533 g/mol. The van der Waals surface area contributed by atoms with Crippen molar-refractivity contribution in [2.45, 2.75) is 6.42 Å². The summed E-state index contributed by atoms with van der Waals surface area (Å²) in [6, 6.07) is 25.8. The van der Waals surface area contributed by atoms with Gasteiger partial charge in [0.05, 0.1) is 30.1 Å². The number of amides is 1. The lowest BCUT2D eigenvalue weighted by Crippen LogP contribution is -2.47. The lowest BCUT2D eigenvalue weighted by Gasteiger charge is -2.37. The van der Waals surface area contributed by atoms with Crippen LogP contribution in [0.25, 0.3) is 16.7 Å². The van der Waals surface area contributed by atoms with Crippen LogP contribution in [0.3, 0.4) is 0 Å². The number of piperazine rings is 1. The van der Waals surface area contributed by atoms with Gasteiger partial charge in [-0.3, -0.25) is 4.79 Å². The van der Waals surface area contributed by atoms with Crippen LogP contribution in [-0.4, -0.2) is 65.5 Å². The van der Waals surface area contributed by atoms with E-state index >= 15 is 0 Å². The van der Waals surface area contributed by atoms with Crippen LogP contribution in [0.2, 0.25) is 0 Å². The number of carbonyl (C=O) groups is 1. The molecule has 1 aliphatic rings. The van der Waals surface area contributed by atoms with E-state index in [1.165, 1.54) is 5.56 Å². The van der Waals surface area contributed by atoms with Gasteiger partial charge >= 0.3 is 0 Å². The van der Waals surface area contributed by atoms with Gasteiger partial charge in [0.15, 0.2) is 5.65 Å². The molecule has 40 heavy (non-hydrogen) atoms. The number of aromatic nitrogens is 4. The van der Waals surface area contributed by atoms with Crippen LogP contribution in [0.4, 0.5) is 11.5 Å². The number of hydrogen-bond donors (Lipinski definition) is 1. The van der Waals surface area contributed by atoms with Crippen LogP contribution in [0.5, 0.6) is 5.75 Å². The molecule has 0 unspecified atom stereocenters. The minimum absolute atomic E-state index is 0.0859.